The van der Waals surface area contributed by atoms with Crippen molar-refractivity contribution in [2.45, 2.75) is 12.5 Å². The minimum Gasteiger partial charge on any atom is -0.382 e. The van der Waals surface area contributed by atoms with E-state index in [0.29, 0.717) is 6.79 Å². The summed E-state index contributed by atoms with van der Waals surface area (Å²) in [6, 6.07) is 8.08. The van der Waals surface area contributed by atoms with Crippen LogP contribution in [0.2, 0.25) is 0 Å². The summed E-state index contributed by atoms with van der Waals surface area (Å²) in [5, 5.41) is 3.36. The van der Waals surface area contributed by atoms with Crippen molar-refractivity contribution in [3.05, 3.63) is 28.7 Å². The van der Waals surface area contributed by atoms with E-state index in [1.165, 1.54) is 0 Å². The first-order valence-electron chi connectivity index (χ1n) is 5.04. The molecule has 0 spiro atoms. The Labute approximate surface area is 97.9 Å². The molecular weight excluding hydrogens is 258 g/mol. The first-order chi connectivity index (χ1) is 7.36. The molecule has 15 heavy (non-hydrogen) atoms. The van der Waals surface area contributed by atoms with Gasteiger partial charge in [-0.2, -0.15) is 0 Å². The summed E-state index contributed by atoms with van der Waals surface area (Å²) < 4.78 is 11.6. The summed E-state index contributed by atoms with van der Waals surface area (Å²) in [4.78, 5) is 0. The van der Waals surface area contributed by atoms with Crippen LogP contribution in [0.25, 0.3) is 0 Å². The third-order valence-corrected chi connectivity index (χ3v) is 3.06. The van der Waals surface area contributed by atoms with E-state index in [2.05, 4.69) is 21.2 Å². The van der Waals surface area contributed by atoms with E-state index >= 15 is 0 Å². The molecule has 1 unspecified atom stereocenters. The Morgan fingerprint density at radius 3 is 3.00 bits per heavy atom. The van der Waals surface area contributed by atoms with Gasteiger partial charge in [-0.1, -0.05) is 12.1 Å². The Bertz CT molecular complexity index is 313. The highest BCUT2D eigenvalue weighted by molar-refractivity contribution is 9.10. The molecule has 2 rings (SSSR count). The topological polar surface area (TPSA) is 30.5 Å². The highest BCUT2D eigenvalue weighted by Crippen LogP contribution is 2.21. The predicted molar refractivity (Wildman–Crippen MR) is 62.9 cm³/mol. The average molecular weight is 272 g/mol. The second kappa shape index (κ2) is 5.49. The molecule has 0 bridgehead atoms. The first kappa shape index (κ1) is 10.9. The van der Waals surface area contributed by atoms with Crippen LogP contribution < -0.4 is 5.32 Å². The molecular formula is C11H14BrNO2. The fourth-order valence-electron chi connectivity index (χ4n) is 1.49. The van der Waals surface area contributed by atoms with Gasteiger partial charge in [0.05, 0.1) is 12.7 Å². The lowest BCUT2D eigenvalue weighted by atomic mass is 10.2. The summed E-state index contributed by atoms with van der Waals surface area (Å²) in [7, 11) is 0. The van der Waals surface area contributed by atoms with Gasteiger partial charge in [0.25, 0.3) is 0 Å². The molecule has 0 amide bonds. The summed E-state index contributed by atoms with van der Waals surface area (Å²) in [5.74, 6) is 0. The Morgan fingerprint density at radius 2 is 2.27 bits per heavy atom. The molecule has 1 fully saturated rings. The Hall–Kier alpha value is -0.580. The largest absolute Gasteiger partial charge is 0.382 e. The van der Waals surface area contributed by atoms with Crippen molar-refractivity contribution in [2.75, 3.05) is 25.3 Å². The van der Waals surface area contributed by atoms with Crippen LogP contribution >= 0.6 is 15.9 Å². The number of ether oxygens (including phenoxy) is 2. The fraction of sp³-hybridized carbons (Fsp3) is 0.455. The van der Waals surface area contributed by atoms with Crippen molar-refractivity contribution in [3.8, 4) is 0 Å². The molecule has 1 atom stereocenters. The minimum absolute atomic E-state index is 0.255. The zero-order valence-electron chi connectivity index (χ0n) is 8.41. The van der Waals surface area contributed by atoms with Crippen LogP contribution in [0, 0.1) is 0 Å². The molecule has 0 radical (unpaired) electrons. The molecule has 1 aromatic carbocycles. The normalized spacial score (nSPS) is 21.3. The molecule has 4 heteroatoms. The van der Waals surface area contributed by atoms with Crippen molar-refractivity contribution in [3.63, 3.8) is 0 Å². The molecule has 3 nitrogen and oxygen atoms in total. The van der Waals surface area contributed by atoms with Crippen LogP contribution in [-0.4, -0.2) is 26.0 Å². The van der Waals surface area contributed by atoms with Gasteiger partial charge in [0.2, 0.25) is 0 Å². The zero-order chi connectivity index (χ0) is 10.5. The van der Waals surface area contributed by atoms with E-state index in [1.54, 1.807) is 0 Å². The van der Waals surface area contributed by atoms with Crippen molar-refractivity contribution in [2.24, 2.45) is 0 Å². The van der Waals surface area contributed by atoms with Crippen LogP contribution in [0.4, 0.5) is 5.69 Å². The van der Waals surface area contributed by atoms with Crippen molar-refractivity contribution < 1.29 is 9.47 Å². The van der Waals surface area contributed by atoms with Gasteiger partial charge in [0.15, 0.2) is 0 Å². The van der Waals surface area contributed by atoms with E-state index in [0.717, 1.165) is 29.7 Å². The van der Waals surface area contributed by atoms with Crippen LogP contribution in [0.3, 0.4) is 0 Å². The monoisotopic (exact) mass is 271 g/mol. The number of rotatable bonds is 3. The molecule has 0 saturated carbocycles. The van der Waals surface area contributed by atoms with Gasteiger partial charge in [-0.15, -0.1) is 0 Å². The second-order valence-electron chi connectivity index (χ2n) is 3.46. The molecule has 1 heterocycles. The fourth-order valence-corrected chi connectivity index (χ4v) is 1.92. The number of hydrogen-bond donors (Lipinski definition) is 1. The average Bonchev–Trinajstić information content (AvgIpc) is 2.29. The lowest BCUT2D eigenvalue weighted by Gasteiger charge is -2.23. The standard InChI is InChI=1S/C11H14BrNO2/c12-10-3-1-2-4-11(10)13-7-9-5-6-14-8-15-9/h1-4,9,13H,5-8H2. The Morgan fingerprint density at radius 1 is 1.40 bits per heavy atom. The molecule has 1 aromatic rings. The van der Waals surface area contributed by atoms with Crippen molar-refractivity contribution in [1.29, 1.82) is 0 Å². The Balaban J connectivity index is 1.84. The highest BCUT2D eigenvalue weighted by Gasteiger charge is 2.13. The maximum atomic E-state index is 5.44. The van der Waals surface area contributed by atoms with E-state index in [9.17, 15) is 0 Å². The smallest absolute Gasteiger partial charge is 0.147 e. The molecule has 0 aliphatic carbocycles. The van der Waals surface area contributed by atoms with E-state index in [4.69, 9.17) is 9.47 Å². The molecule has 1 saturated heterocycles. The van der Waals surface area contributed by atoms with Gasteiger partial charge in [-0.3, -0.25) is 0 Å². The number of halogens is 1. The number of benzene rings is 1. The predicted octanol–water partition coefficient (Wildman–Crippen LogP) is 2.62. The van der Waals surface area contributed by atoms with Gasteiger partial charge >= 0.3 is 0 Å². The number of anilines is 1. The maximum Gasteiger partial charge on any atom is 0.147 e. The lowest BCUT2D eigenvalue weighted by Crippen LogP contribution is -2.30. The number of nitrogens with one attached hydrogen (secondary N) is 1. The summed E-state index contributed by atoms with van der Waals surface area (Å²) in [5.41, 5.74) is 1.10. The van der Waals surface area contributed by atoms with Gasteiger partial charge < -0.3 is 14.8 Å². The summed E-state index contributed by atoms with van der Waals surface area (Å²) in [6.45, 7) is 2.04. The molecule has 82 valence electrons. The third kappa shape index (κ3) is 3.19. The minimum atomic E-state index is 0.255. The highest BCUT2D eigenvalue weighted by atomic mass is 79.9. The van der Waals surface area contributed by atoms with Crippen LogP contribution in [0.15, 0.2) is 28.7 Å². The maximum absolute atomic E-state index is 5.44. The number of hydrogen-bond acceptors (Lipinski definition) is 3. The van der Waals surface area contributed by atoms with Gasteiger partial charge in [0, 0.05) is 16.7 Å². The van der Waals surface area contributed by atoms with E-state index in [-0.39, 0.29) is 6.10 Å². The third-order valence-electron chi connectivity index (χ3n) is 2.37. The van der Waals surface area contributed by atoms with E-state index in [1.807, 2.05) is 24.3 Å². The number of para-hydroxylation sites is 1. The van der Waals surface area contributed by atoms with Crippen LogP contribution in [0.1, 0.15) is 6.42 Å². The van der Waals surface area contributed by atoms with E-state index < -0.39 is 0 Å². The van der Waals surface area contributed by atoms with Gasteiger partial charge in [-0.05, 0) is 34.5 Å². The first-order valence-corrected chi connectivity index (χ1v) is 5.83. The molecule has 1 N–H and O–H groups in total. The quantitative estimate of drug-likeness (QED) is 0.917. The SMILES string of the molecule is Brc1ccccc1NCC1CCOCO1. The summed E-state index contributed by atoms with van der Waals surface area (Å²) >= 11 is 3.49. The van der Waals surface area contributed by atoms with Crippen molar-refractivity contribution >= 4 is 21.6 Å². The van der Waals surface area contributed by atoms with Crippen molar-refractivity contribution in [1.82, 2.24) is 0 Å². The van der Waals surface area contributed by atoms with Crippen LogP contribution in [0.5, 0.6) is 0 Å². The van der Waals surface area contributed by atoms with Gasteiger partial charge in [-0.25, -0.2) is 0 Å². The van der Waals surface area contributed by atoms with Gasteiger partial charge in [0.1, 0.15) is 6.79 Å². The summed E-state index contributed by atoms with van der Waals surface area (Å²) in [6.07, 6.45) is 1.21. The molecule has 1 aliphatic heterocycles. The molecule has 0 aromatic heterocycles. The Kier molecular flexibility index (Phi) is 4.00. The molecule has 1 aliphatic rings. The lowest BCUT2D eigenvalue weighted by molar-refractivity contribution is -0.133. The zero-order valence-corrected chi connectivity index (χ0v) is 10.00. The second-order valence-corrected chi connectivity index (χ2v) is 4.32. The van der Waals surface area contributed by atoms with Crippen LogP contribution in [-0.2, 0) is 9.47 Å².